The second-order valence-corrected chi connectivity index (χ2v) is 37.8. The number of pyridine rings is 2. The molecule has 6 aromatic carbocycles. The van der Waals surface area contributed by atoms with Crippen LogP contribution in [0.5, 0.6) is 0 Å². The summed E-state index contributed by atoms with van der Waals surface area (Å²) >= 11 is 6.20. The van der Waals surface area contributed by atoms with Gasteiger partial charge in [0.05, 0.1) is 11.2 Å². The monoisotopic (exact) mass is 1790 g/mol. The van der Waals surface area contributed by atoms with E-state index in [-0.39, 0.29) is 118 Å². The molecule has 0 spiro atoms. The molecule has 0 amide bonds. The van der Waals surface area contributed by atoms with E-state index in [2.05, 4.69) is 342 Å². The Bertz CT molecular complexity index is 4640. The zero-order valence-electron chi connectivity index (χ0n) is 68.0. The first kappa shape index (κ1) is 83.3. The largest absolute Gasteiger partial charge is 0.496 e. The van der Waals surface area contributed by atoms with Crippen LogP contribution in [0.2, 0.25) is 5.28 Å². The summed E-state index contributed by atoms with van der Waals surface area (Å²) in [5, 5.41) is 0.204. The van der Waals surface area contributed by atoms with Gasteiger partial charge in [-0.2, -0.15) is 9.97 Å². The summed E-state index contributed by atoms with van der Waals surface area (Å²) in [6, 6.07) is 58.0. The van der Waals surface area contributed by atoms with Gasteiger partial charge in [0.25, 0.3) is 0 Å². The number of rotatable bonds is 8. The Morgan fingerprint density at radius 2 is 0.594 bits per heavy atom. The maximum Gasteiger partial charge on any atom is 0.496 e. The van der Waals surface area contributed by atoms with Gasteiger partial charge < -0.3 is 19.3 Å². The average molecular weight is 1790 g/mol. The Labute approximate surface area is 667 Å². The van der Waals surface area contributed by atoms with Gasteiger partial charge in [-0.15, -0.1) is 69.8 Å². The molecule has 10 nitrogen and oxygen atoms in total. The number of nitrogens with zero attached hydrogens (tertiary/aromatic N) is 8. The topological polar surface area (TPSA) is 122 Å². The van der Waals surface area contributed by atoms with Crippen LogP contribution in [0.25, 0.3) is 79.5 Å². The average Bonchev–Trinajstić information content (AvgIpc) is 1.55. The minimum atomic E-state index is -0.388. The normalized spacial score (nSPS) is 17.5. The minimum Gasteiger partial charge on any atom is -0.399 e. The van der Waals surface area contributed by atoms with Gasteiger partial charge in [0.1, 0.15) is 0 Å². The van der Waals surface area contributed by atoms with Gasteiger partial charge in [-0.1, -0.05) is 287 Å². The van der Waals surface area contributed by atoms with Crippen LogP contribution in [-0.4, -0.2) is 58.2 Å². The first-order valence-electron chi connectivity index (χ1n) is 37.0. The molecule has 0 atom stereocenters. The van der Waals surface area contributed by atoms with Crippen molar-refractivity contribution in [3.8, 4) is 79.5 Å². The van der Waals surface area contributed by atoms with Crippen molar-refractivity contribution in [1.29, 1.82) is 0 Å². The smallest absolute Gasteiger partial charge is 0.399 e. The first-order chi connectivity index (χ1) is 48.0. The second kappa shape index (κ2) is 29.2. The summed E-state index contributed by atoms with van der Waals surface area (Å²) in [5.41, 5.74) is 20.2. The van der Waals surface area contributed by atoms with Crippen LogP contribution in [0.15, 0.2) is 158 Å². The Balaban J connectivity index is 0.000000192. The zero-order valence-corrected chi connectivity index (χ0v) is 73.6. The number of fused-ring (bicyclic) bond motifs is 2. The van der Waals surface area contributed by atoms with Gasteiger partial charge in [0.15, 0.2) is 29.1 Å². The Hall–Kier alpha value is -6.79. The predicted octanol–water partition coefficient (Wildman–Crippen LogP) is 22.8. The predicted molar refractivity (Wildman–Crippen MR) is 433 cm³/mol. The van der Waals surface area contributed by atoms with E-state index in [0.717, 1.165) is 55.8 Å². The molecule has 0 bridgehead atoms. The number of halogens is 1. The Kier molecular flexibility index (Phi) is 23.0. The quantitative estimate of drug-likeness (QED) is 0.107. The molecule has 14 heteroatoms. The molecular formula is C92H110BClIr2N8O2-2. The third kappa shape index (κ3) is 15.9. The van der Waals surface area contributed by atoms with Gasteiger partial charge in [0, 0.05) is 80.4 Å². The summed E-state index contributed by atoms with van der Waals surface area (Å²) in [6.45, 7) is 63.2. The van der Waals surface area contributed by atoms with E-state index in [1.807, 2.05) is 36.7 Å². The fourth-order valence-electron chi connectivity index (χ4n) is 14.5. The summed E-state index contributed by atoms with van der Waals surface area (Å²) in [6.07, 6.45) is 3.75. The molecule has 1 fully saturated rings. The number of hydrogen-bond acceptors (Lipinski definition) is 10. The van der Waals surface area contributed by atoms with Crippen LogP contribution in [0.4, 0.5) is 0 Å². The van der Waals surface area contributed by atoms with E-state index in [9.17, 15) is 0 Å². The molecule has 10 aromatic rings. The zero-order chi connectivity index (χ0) is 76.3. The molecule has 560 valence electrons. The molecule has 2 aliphatic carbocycles. The van der Waals surface area contributed by atoms with E-state index in [1.54, 1.807) is 0 Å². The second-order valence-electron chi connectivity index (χ2n) is 37.5. The van der Waals surface area contributed by atoms with Crippen molar-refractivity contribution < 1.29 is 49.5 Å². The van der Waals surface area contributed by atoms with Crippen molar-refractivity contribution in [2.45, 2.75) is 248 Å². The van der Waals surface area contributed by atoms with Crippen molar-refractivity contribution in [2.75, 3.05) is 0 Å². The molecule has 0 N–H and O–H groups in total. The van der Waals surface area contributed by atoms with Crippen molar-refractivity contribution >= 4 is 24.2 Å². The molecule has 13 rings (SSSR count). The third-order valence-corrected chi connectivity index (χ3v) is 25.2. The van der Waals surface area contributed by atoms with Crippen LogP contribution in [-0.2, 0) is 92.8 Å². The molecular weight excluding hydrogens is 1680 g/mol. The Morgan fingerprint density at radius 1 is 0.330 bits per heavy atom. The fourth-order valence-corrected chi connectivity index (χ4v) is 14.6. The van der Waals surface area contributed by atoms with E-state index < -0.39 is 0 Å². The van der Waals surface area contributed by atoms with Crippen molar-refractivity contribution in [3.05, 3.63) is 220 Å². The van der Waals surface area contributed by atoms with Crippen molar-refractivity contribution in [1.82, 2.24) is 39.9 Å². The van der Waals surface area contributed by atoms with Crippen LogP contribution in [0.3, 0.4) is 0 Å². The summed E-state index contributed by atoms with van der Waals surface area (Å²) in [7, 11) is -0.388. The van der Waals surface area contributed by atoms with E-state index >= 15 is 0 Å². The maximum atomic E-state index is 6.20. The molecule has 1 saturated heterocycles. The van der Waals surface area contributed by atoms with Gasteiger partial charge in [0.2, 0.25) is 5.28 Å². The molecule has 4 aromatic heterocycles. The van der Waals surface area contributed by atoms with Crippen LogP contribution in [0, 0.1) is 23.0 Å². The molecule has 1 aliphatic heterocycles. The SMILES string of the molecule is CC(C)(C)c1ccc(-c2nc(-c3ccc(C(C)(C)C)cc3)nc(-c3ccc(-c4[c-]cc5c(c4)C(C)(C)C(C)(C)C5(C)C)nc3)n2)cc1.CC(C)(C)c1ccc(-c2nc(Cl)nc(-c3ccc(C(C)(C)C)cc3)n2)cc1.CC1(C)OB(c2ccc(-c3[c-]cc4c(c3)C(C)(C)C(C)(C)C4(C)C)nc2)OC1(C)C.[Ir].[Ir]. The molecule has 5 heterocycles. The number of benzene rings is 6. The van der Waals surface area contributed by atoms with Crippen LogP contribution < -0.4 is 5.46 Å². The van der Waals surface area contributed by atoms with Gasteiger partial charge in [-0.25, -0.2) is 19.9 Å². The molecule has 3 aliphatic rings. The number of hydrogen-bond donors (Lipinski definition) is 0. The van der Waals surface area contributed by atoms with Gasteiger partial charge in [-0.3, -0.25) is 0 Å². The Morgan fingerprint density at radius 3 is 0.868 bits per heavy atom. The minimum absolute atomic E-state index is 0. The van der Waals surface area contributed by atoms with Crippen LogP contribution in [0.1, 0.15) is 238 Å². The van der Waals surface area contributed by atoms with Crippen LogP contribution >= 0.6 is 11.6 Å². The molecule has 0 saturated carbocycles. The van der Waals surface area contributed by atoms with E-state index in [1.165, 1.54) is 44.5 Å². The molecule has 2 radical (unpaired) electrons. The fraction of sp³-hybridized carbons (Fsp3) is 0.435. The first-order valence-corrected chi connectivity index (χ1v) is 37.4. The van der Waals surface area contributed by atoms with Crippen molar-refractivity contribution in [2.24, 2.45) is 10.8 Å². The molecule has 106 heavy (non-hydrogen) atoms. The summed E-state index contributed by atoms with van der Waals surface area (Å²) in [5.74, 6) is 3.07. The maximum absolute atomic E-state index is 6.20. The summed E-state index contributed by atoms with van der Waals surface area (Å²) in [4.78, 5) is 37.9. The summed E-state index contributed by atoms with van der Waals surface area (Å²) < 4.78 is 12.3. The van der Waals surface area contributed by atoms with Gasteiger partial charge >= 0.3 is 7.12 Å². The van der Waals surface area contributed by atoms with E-state index in [0.29, 0.717) is 29.1 Å². The number of aromatic nitrogens is 8. The van der Waals surface area contributed by atoms with Crippen molar-refractivity contribution in [3.63, 3.8) is 0 Å². The standard InChI is InChI=1S/C43H49N4.C26H35BNO2.C23H26ClN3.2Ir/c1-39(2,3)31-19-13-27(14-20-31)36-45-37(28-15-21-32(22-16-28)40(4,5)6)47-38(46-36)30-18-24-35(44-26-30)29-17-23-33-34(25-29)42(9,10)43(11,12)41(33,7)8;1-22(2)19-13-11-17(15-20(19)23(3,4)24(22,5)6)21-14-12-18(16-28-21)27-29-25(7,8)26(9,10)30-27;1-22(2,3)17-11-7-15(8-12-17)19-25-20(27-21(24)26-19)16-9-13-18(14-10-16)23(4,5)6;;/h13-16,18-26H,1-12H3;12-16H,1-10H3;7-14H,1-6H3;;/q2*-1;;;. The third-order valence-electron chi connectivity index (χ3n) is 25.0. The van der Waals surface area contributed by atoms with E-state index in [4.69, 9.17) is 45.8 Å². The van der Waals surface area contributed by atoms with Gasteiger partial charge in [-0.05, 0) is 133 Å². The molecule has 0 unspecified atom stereocenters.